The van der Waals surface area contributed by atoms with Gasteiger partial charge in [-0.05, 0) is 28.8 Å². The fraction of sp³-hybridized carbons (Fsp3) is 0.500. The Hall–Kier alpha value is -1.60. The minimum atomic E-state index is -1.29. The lowest BCUT2D eigenvalue weighted by Gasteiger charge is -2.23. The fourth-order valence-corrected chi connectivity index (χ4v) is 2.61. The molecule has 1 aliphatic rings. The van der Waals surface area contributed by atoms with Crippen LogP contribution < -0.4 is 10.6 Å². The first-order valence-corrected chi connectivity index (χ1v) is 6.95. The number of hydrogen-bond donors (Lipinski definition) is 3. The summed E-state index contributed by atoms with van der Waals surface area (Å²) in [5.74, 6) is -1.06. The van der Waals surface area contributed by atoms with E-state index in [4.69, 9.17) is 9.84 Å². The van der Waals surface area contributed by atoms with E-state index < -0.39 is 17.5 Å². The minimum absolute atomic E-state index is 0.0142. The smallest absolute Gasteiger partial charge is 0.332 e. The number of amides is 2. The van der Waals surface area contributed by atoms with E-state index in [-0.39, 0.29) is 6.61 Å². The van der Waals surface area contributed by atoms with Crippen molar-refractivity contribution in [1.29, 1.82) is 0 Å². The van der Waals surface area contributed by atoms with E-state index in [9.17, 15) is 9.59 Å². The predicted molar refractivity (Wildman–Crippen MR) is 70.4 cm³/mol. The molecule has 7 heteroatoms. The molecule has 6 nitrogen and oxygen atoms in total. The summed E-state index contributed by atoms with van der Waals surface area (Å²) in [6, 6.07) is 1.52. The molecule has 0 aromatic carbocycles. The van der Waals surface area contributed by atoms with E-state index in [0.29, 0.717) is 19.6 Å². The predicted octanol–water partition coefficient (Wildman–Crippen LogP) is 0.833. The molecule has 1 aromatic heterocycles. The number of urea groups is 1. The molecule has 2 heterocycles. The van der Waals surface area contributed by atoms with Crippen molar-refractivity contribution in [2.75, 3.05) is 19.8 Å². The maximum Gasteiger partial charge on any atom is 0.332 e. The highest BCUT2D eigenvalue weighted by molar-refractivity contribution is 7.07. The molecule has 3 N–H and O–H groups in total. The molecule has 1 saturated heterocycles. The second kappa shape index (κ2) is 6.03. The Bertz CT molecular complexity index is 441. The van der Waals surface area contributed by atoms with Crippen LogP contribution >= 0.6 is 11.3 Å². The molecule has 104 valence electrons. The zero-order valence-corrected chi connectivity index (χ0v) is 11.2. The summed E-state index contributed by atoms with van der Waals surface area (Å²) in [5.41, 5.74) is -0.130. The van der Waals surface area contributed by atoms with Crippen molar-refractivity contribution in [2.45, 2.75) is 18.4 Å². The van der Waals surface area contributed by atoms with Crippen molar-refractivity contribution in [3.63, 3.8) is 0 Å². The number of thiophene rings is 1. The number of aliphatic carboxylic acids is 1. The van der Waals surface area contributed by atoms with Crippen LogP contribution in [0.5, 0.6) is 0 Å². The van der Waals surface area contributed by atoms with Gasteiger partial charge in [0.15, 0.2) is 5.54 Å². The molecule has 0 spiro atoms. The number of carbonyl (C=O) groups excluding carboxylic acids is 1. The third kappa shape index (κ3) is 3.45. The Labute approximate surface area is 114 Å². The van der Waals surface area contributed by atoms with Gasteiger partial charge >= 0.3 is 12.0 Å². The molecule has 1 unspecified atom stereocenters. The highest BCUT2D eigenvalue weighted by atomic mass is 32.1. The van der Waals surface area contributed by atoms with Crippen LogP contribution in [0.1, 0.15) is 12.0 Å². The summed E-state index contributed by atoms with van der Waals surface area (Å²) in [4.78, 5) is 22.9. The van der Waals surface area contributed by atoms with Gasteiger partial charge in [-0.2, -0.15) is 11.3 Å². The molecule has 0 aliphatic carbocycles. The first-order chi connectivity index (χ1) is 9.12. The average Bonchev–Trinajstić information content (AvgIpc) is 3.00. The minimum Gasteiger partial charge on any atom is -0.479 e. The van der Waals surface area contributed by atoms with Crippen LogP contribution in [0.2, 0.25) is 0 Å². The quantitative estimate of drug-likeness (QED) is 0.747. The van der Waals surface area contributed by atoms with Gasteiger partial charge in [-0.3, -0.25) is 0 Å². The average molecular weight is 284 g/mol. The zero-order chi connectivity index (χ0) is 13.7. The number of hydrogen-bond acceptors (Lipinski definition) is 4. The molecule has 19 heavy (non-hydrogen) atoms. The Kier molecular flexibility index (Phi) is 4.39. The number of ether oxygens (including phenoxy) is 1. The maximum atomic E-state index is 11.7. The first-order valence-electron chi connectivity index (χ1n) is 6.01. The van der Waals surface area contributed by atoms with Crippen LogP contribution in [0, 0.1) is 0 Å². The first kappa shape index (κ1) is 13.8. The van der Waals surface area contributed by atoms with Crippen LogP contribution in [-0.2, 0) is 16.0 Å². The largest absolute Gasteiger partial charge is 0.479 e. The molecule has 0 bridgehead atoms. The van der Waals surface area contributed by atoms with Gasteiger partial charge in [-0.1, -0.05) is 0 Å². The Morgan fingerprint density at radius 2 is 2.37 bits per heavy atom. The van der Waals surface area contributed by atoms with Crippen molar-refractivity contribution in [2.24, 2.45) is 0 Å². The molecule has 1 aliphatic heterocycles. The number of carboxylic acid groups (broad SMARTS) is 1. The maximum absolute atomic E-state index is 11.7. The van der Waals surface area contributed by atoms with Gasteiger partial charge in [-0.25, -0.2) is 9.59 Å². The lowest BCUT2D eigenvalue weighted by Crippen LogP contribution is -2.57. The van der Waals surface area contributed by atoms with Gasteiger partial charge in [0.2, 0.25) is 0 Å². The number of nitrogens with one attached hydrogen (secondary N) is 2. The normalized spacial score (nSPS) is 22.1. The number of carbonyl (C=O) groups is 2. The van der Waals surface area contributed by atoms with Crippen LogP contribution in [0.25, 0.3) is 0 Å². The van der Waals surface area contributed by atoms with Gasteiger partial charge in [0.1, 0.15) is 0 Å². The molecule has 0 saturated carbocycles. The second-order valence-electron chi connectivity index (χ2n) is 4.45. The van der Waals surface area contributed by atoms with E-state index in [1.54, 1.807) is 11.3 Å². The molecule has 1 atom stereocenters. The Balaban J connectivity index is 1.78. The van der Waals surface area contributed by atoms with Crippen LogP contribution in [0.15, 0.2) is 16.8 Å². The summed E-state index contributed by atoms with van der Waals surface area (Å²) in [7, 11) is 0. The molecule has 1 aromatic rings. The van der Waals surface area contributed by atoms with Crippen molar-refractivity contribution < 1.29 is 19.4 Å². The summed E-state index contributed by atoms with van der Waals surface area (Å²) < 4.78 is 5.06. The van der Waals surface area contributed by atoms with Crippen LogP contribution in [0.3, 0.4) is 0 Å². The third-order valence-corrected chi connectivity index (χ3v) is 3.80. The number of rotatable bonds is 5. The highest BCUT2D eigenvalue weighted by Crippen LogP contribution is 2.18. The standard InChI is InChI=1S/C12H16N2O4S/c15-10(16)12(3-5-18-8-12)14-11(17)13-4-1-9-2-6-19-7-9/h2,6-7H,1,3-5,8H2,(H,15,16)(H2,13,14,17). The summed E-state index contributed by atoms with van der Waals surface area (Å²) >= 11 is 1.61. The number of carboxylic acids is 1. The monoisotopic (exact) mass is 284 g/mol. The second-order valence-corrected chi connectivity index (χ2v) is 5.23. The highest BCUT2D eigenvalue weighted by Gasteiger charge is 2.43. The van der Waals surface area contributed by atoms with Gasteiger partial charge in [0, 0.05) is 19.6 Å². The molecule has 1 fully saturated rings. The van der Waals surface area contributed by atoms with Crippen LogP contribution in [-0.4, -0.2) is 42.4 Å². The molecule has 2 amide bonds. The summed E-state index contributed by atoms with van der Waals surface area (Å²) in [6.45, 7) is 0.834. The van der Waals surface area contributed by atoms with Crippen molar-refractivity contribution in [1.82, 2.24) is 10.6 Å². The van der Waals surface area contributed by atoms with Crippen molar-refractivity contribution in [3.8, 4) is 0 Å². The lowest BCUT2D eigenvalue weighted by molar-refractivity contribution is -0.144. The zero-order valence-electron chi connectivity index (χ0n) is 10.3. The van der Waals surface area contributed by atoms with Crippen molar-refractivity contribution in [3.05, 3.63) is 22.4 Å². The van der Waals surface area contributed by atoms with Crippen LogP contribution in [0.4, 0.5) is 4.79 Å². The SMILES string of the molecule is O=C(NCCc1ccsc1)NC1(C(=O)O)CCOC1. The summed E-state index contributed by atoms with van der Waals surface area (Å²) in [6.07, 6.45) is 1.02. The molecular weight excluding hydrogens is 268 g/mol. The van der Waals surface area contributed by atoms with E-state index in [1.165, 1.54) is 0 Å². The topological polar surface area (TPSA) is 87.7 Å². The molecule has 2 rings (SSSR count). The molecular formula is C12H16N2O4S. The Morgan fingerprint density at radius 1 is 1.53 bits per heavy atom. The summed E-state index contributed by atoms with van der Waals surface area (Å²) in [5, 5.41) is 18.3. The van der Waals surface area contributed by atoms with Gasteiger partial charge < -0.3 is 20.5 Å². The molecule has 0 radical (unpaired) electrons. The van der Waals surface area contributed by atoms with Gasteiger partial charge in [0.05, 0.1) is 6.61 Å². The third-order valence-electron chi connectivity index (χ3n) is 3.06. The van der Waals surface area contributed by atoms with E-state index in [2.05, 4.69) is 10.6 Å². The van der Waals surface area contributed by atoms with Crippen molar-refractivity contribution >= 4 is 23.3 Å². The van der Waals surface area contributed by atoms with Gasteiger partial charge in [-0.15, -0.1) is 0 Å². The van der Waals surface area contributed by atoms with E-state index in [1.807, 2.05) is 16.8 Å². The van der Waals surface area contributed by atoms with E-state index >= 15 is 0 Å². The fourth-order valence-electron chi connectivity index (χ4n) is 1.90. The van der Waals surface area contributed by atoms with Gasteiger partial charge in [0.25, 0.3) is 0 Å². The van der Waals surface area contributed by atoms with E-state index in [0.717, 1.165) is 12.0 Å². The Morgan fingerprint density at radius 3 is 2.95 bits per heavy atom. The lowest BCUT2D eigenvalue weighted by atomic mass is 9.99.